The number of nitrogens with two attached hydrogens (primary N) is 1. The molecule has 0 heterocycles. The van der Waals surface area contributed by atoms with E-state index >= 15 is 0 Å². The highest BCUT2D eigenvalue weighted by Crippen LogP contribution is 2.24. The van der Waals surface area contributed by atoms with Crippen LogP contribution in [0, 0.1) is 0 Å². The SMILES string of the molecule is CS(=O)(=O)N(CCO)c1ccccc1N. The van der Waals surface area contributed by atoms with Gasteiger partial charge in [0.1, 0.15) is 0 Å². The first kappa shape index (κ1) is 11.8. The Labute approximate surface area is 89.2 Å². The summed E-state index contributed by atoms with van der Waals surface area (Å²) in [6.07, 6.45) is 1.08. The third-order valence-corrected chi connectivity index (χ3v) is 3.09. The van der Waals surface area contributed by atoms with E-state index in [0.29, 0.717) is 11.4 Å². The van der Waals surface area contributed by atoms with Crippen molar-refractivity contribution in [2.24, 2.45) is 0 Å². The first-order chi connectivity index (χ1) is 6.96. The number of aliphatic hydroxyl groups is 1. The molecule has 0 amide bonds. The van der Waals surface area contributed by atoms with Gasteiger partial charge < -0.3 is 10.8 Å². The Kier molecular flexibility index (Phi) is 3.54. The first-order valence-corrected chi connectivity index (χ1v) is 6.24. The summed E-state index contributed by atoms with van der Waals surface area (Å²) in [5.41, 5.74) is 6.43. The minimum Gasteiger partial charge on any atom is -0.397 e. The number of nitrogen functional groups attached to an aromatic ring is 1. The van der Waals surface area contributed by atoms with E-state index in [2.05, 4.69) is 0 Å². The fourth-order valence-corrected chi connectivity index (χ4v) is 2.21. The molecule has 0 aliphatic heterocycles. The second-order valence-electron chi connectivity index (χ2n) is 3.12. The molecule has 0 atom stereocenters. The molecular formula is C9H14N2O3S. The Hall–Kier alpha value is -1.27. The molecule has 84 valence electrons. The van der Waals surface area contributed by atoms with Crippen molar-refractivity contribution in [3.8, 4) is 0 Å². The lowest BCUT2D eigenvalue weighted by Crippen LogP contribution is -2.33. The predicted molar refractivity (Wildman–Crippen MR) is 60.1 cm³/mol. The highest BCUT2D eigenvalue weighted by molar-refractivity contribution is 7.92. The molecular weight excluding hydrogens is 216 g/mol. The summed E-state index contributed by atoms with van der Waals surface area (Å²) < 4.78 is 24.0. The molecule has 0 bridgehead atoms. The summed E-state index contributed by atoms with van der Waals surface area (Å²) in [4.78, 5) is 0. The van der Waals surface area contributed by atoms with Crippen LogP contribution in [0.3, 0.4) is 0 Å². The Morgan fingerprint density at radius 2 is 2.00 bits per heavy atom. The predicted octanol–water partition coefficient (Wildman–Crippen LogP) is 0.0271. The molecule has 0 aliphatic carbocycles. The van der Waals surface area contributed by atoms with Gasteiger partial charge in [-0.15, -0.1) is 0 Å². The monoisotopic (exact) mass is 230 g/mol. The van der Waals surface area contributed by atoms with Crippen molar-refractivity contribution in [1.82, 2.24) is 0 Å². The fraction of sp³-hybridized carbons (Fsp3) is 0.333. The van der Waals surface area contributed by atoms with Crippen LogP contribution in [0.25, 0.3) is 0 Å². The summed E-state index contributed by atoms with van der Waals surface area (Å²) in [6, 6.07) is 6.64. The van der Waals surface area contributed by atoms with Crippen molar-refractivity contribution in [3.05, 3.63) is 24.3 Å². The highest BCUT2D eigenvalue weighted by Gasteiger charge is 2.18. The summed E-state index contributed by atoms with van der Waals surface area (Å²) >= 11 is 0. The zero-order valence-electron chi connectivity index (χ0n) is 8.42. The van der Waals surface area contributed by atoms with Gasteiger partial charge in [0, 0.05) is 0 Å². The number of sulfonamides is 1. The van der Waals surface area contributed by atoms with Crippen molar-refractivity contribution in [2.75, 3.05) is 29.4 Å². The van der Waals surface area contributed by atoms with E-state index in [1.807, 2.05) is 0 Å². The Bertz CT molecular complexity index is 431. The molecule has 1 aromatic carbocycles. The topological polar surface area (TPSA) is 83.6 Å². The number of para-hydroxylation sites is 2. The van der Waals surface area contributed by atoms with Crippen molar-refractivity contribution in [1.29, 1.82) is 0 Å². The molecule has 1 aromatic rings. The van der Waals surface area contributed by atoms with Crippen LogP contribution in [0.5, 0.6) is 0 Å². The molecule has 0 saturated heterocycles. The van der Waals surface area contributed by atoms with Crippen LogP contribution >= 0.6 is 0 Å². The lowest BCUT2D eigenvalue weighted by Gasteiger charge is -2.22. The number of aliphatic hydroxyl groups excluding tert-OH is 1. The van der Waals surface area contributed by atoms with E-state index < -0.39 is 10.0 Å². The second kappa shape index (κ2) is 4.50. The Morgan fingerprint density at radius 1 is 1.40 bits per heavy atom. The molecule has 6 heteroatoms. The number of anilines is 2. The average molecular weight is 230 g/mol. The molecule has 0 aliphatic rings. The van der Waals surface area contributed by atoms with Crippen LogP contribution in [0.4, 0.5) is 11.4 Å². The van der Waals surface area contributed by atoms with E-state index in [-0.39, 0.29) is 13.2 Å². The number of hydrogen-bond donors (Lipinski definition) is 2. The van der Waals surface area contributed by atoms with E-state index in [0.717, 1.165) is 10.6 Å². The third kappa shape index (κ3) is 2.84. The molecule has 0 radical (unpaired) electrons. The van der Waals surface area contributed by atoms with Crippen molar-refractivity contribution in [3.63, 3.8) is 0 Å². The van der Waals surface area contributed by atoms with Crippen molar-refractivity contribution in [2.45, 2.75) is 0 Å². The summed E-state index contributed by atoms with van der Waals surface area (Å²) in [5.74, 6) is 0. The maximum absolute atomic E-state index is 11.4. The minimum absolute atomic E-state index is 0.00699. The number of nitrogens with zero attached hydrogens (tertiary/aromatic N) is 1. The van der Waals surface area contributed by atoms with Crippen LogP contribution in [-0.4, -0.2) is 32.9 Å². The zero-order valence-corrected chi connectivity index (χ0v) is 9.24. The van der Waals surface area contributed by atoms with E-state index in [1.165, 1.54) is 0 Å². The normalized spacial score (nSPS) is 11.3. The molecule has 3 N–H and O–H groups in total. The van der Waals surface area contributed by atoms with Gasteiger partial charge in [-0.1, -0.05) is 12.1 Å². The molecule has 0 unspecified atom stereocenters. The Balaban J connectivity index is 3.16. The first-order valence-electron chi connectivity index (χ1n) is 4.40. The van der Waals surface area contributed by atoms with Gasteiger partial charge in [0.05, 0.1) is 30.8 Å². The molecule has 0 fully saturated rings. The third-order valence-electron chi connectivity index (χ3n) is 1.91. The van der Waals surface area contributed by atoms with Crippen LogP contribution in [0.15, 0.2) is 24.3 Å². The summed E-state index contributed by atoms with van der Waals surface area (Å²) in [7, 11) is -3.41. The van der Waals surface area contributed by atoms with Crippen LogP contribution in [0.2, 0.25) is 0 Å². The number of benzene rings is 1. The lowest BCUT2D eigenvalue weighted by molar-refractivity contribution is 0.307. The number of hydrogen-bond acceptors (Lipinski definition) is 4. The van der Waals surface area contributed by atoms with Gasteiger partial charge in [-0.25, -0.2) is 8.42 Å². The largest absolute Gasteiger partial charge is 0.397 e. The molecule has 0 aromatic heterocycles. The van der Waals surface area contributed by atoms with Gasteiger partial charge in [0.15, 0.2) is 0 Å². The van der Waals surface area contributed by atoms with Gasteiger partial charge in [-0.05, 0) is 12.1 Å². The van der Waals surface area contributed by atoms with Gasteiger partial charge >= 0.3 is 0 Å². The molecule has 15 heavy (non-hydrogen) atoms. The molecule has 0 saturated carbocycles. The quantitative estimate of drug-likeness (QED) is 0.715. The molecule has 1 rings (SSSR count). The smallest absolute Gasteiger partial charge is 0.232 e. The Morgan fingerprint density at radius 3 is 2.47 bits per heavy atom. The standard InChI is InChI=1S/C9H14N2O3S/c1-15(13,14)11(6-7-12)9-5-3-2-4-8(9)10/h2-5,12H,6-7,10H2,1H3. The lowest BCUT2D eigenvalue weighted by atomic mass is 10.3. The summed E-state index contributed by atoms with van der Waals surface area (Å²) in [5, 5.41) is 8.81. The molecule has 0 spiro atoms. The van der Waals surface area contributed by atoms with Gasteiger partial charge in [-0.3, -0.25) is 4.31 Å². The van der Waals surface area contributed by atoms with Crippen LogP contribution in [-0.2, 0) is 10.0 Å². The van der Waals surface area contributed by atoms with Crippen LogP contribution < -0.4 is 10.0 Å². The highest BCUT2D eigenvalue weighted by atomic mass is 32.2. The van der Waals surface area contributed by atoms with Crippen LogP contribution in [0.1, 0.15) is 0 Å². The van der Waals surface area contributed by atoms with Gasteiger partial charge in [0.2, 0.25) is 10.0 Å². The maximum Gasteiger partial charge on any atom is 0.232 e. The maximum atomic E-state index is 11.4. The second-order valence-corrected chi connectivity index (χ2v) is 5.02. The number of rotatable bonds is 4. The summed E-state index contributed by atoms with van der Waals surface area (Å²) in [6.45, 7) is -0.242. The fourth-order valence-electron chi connectivity index (χ4n) is 1.27. The average Bonchev–Trinajstić information content (AvgIpc) is 2.14. The van der Waals surface area contributed by atoms with Crippen molar-refractivity contribution < 1.29 is 13.5 Å². The molecule has 5 nitrogen and oxygen atoms in total. The minimum atomic E-state index is -3.41. The van der Waals surface area contributed by atoms with Gasteiger partial charge in [-0.2, -0.15) is 0 Å². The van der Waals surface area contributed by atoms with E-state index in [1.54, 1.807) is 24.3 Å². The van der Waals surface area contributed by atoms with E-state index in [9.17, 15) is 8.42 Å². The van der Waals surface area contributed by atoms with E-state index in [4.69, 9.17) is 10.8 Å². The zero-order chi connectivity index (χ0) is 11.5. The van der Waals surface area contributed by atoms with Crippen molar-refractivity contribution >= 4 is 21.4 Å². The van der Waals surface area contributed by atoms with Gasteiger partial charge in [0.25, 0.3) is 0 Å².